The van der Waals surface area contributed by atoms with E-state index >= 15 is 0 Å². The maximum atomic E-state index is 12.1. The van der Waals surface area contributed by atoms with Crippen molar-refractivity contribution in [1.29, 1.82) is 0 Å². The molecule has 4 rings (SSSR count). The fraction of sp³-hybridized carbons (Fsp3) is 0.321. The highest BCUT2D eigenvalue weighted by Gasteiger charge is 2.24. The van der Waals surface area contributed by atoms with Crippen molar-refractivity contribution in [1.82, 2.24) is 0 Å². The summed E-state index contributed by atoms with van der Waals surface area (Å²) in [6, 6.07) is 24.4. The van der Waals surface area contributed by atoms with Crippen LogP contribution in [0, 0.1) is 6.92 Å². The van der Waals surface area contributed by atoms with Gasteiger partial charge in [0.05, 0.1) is 0 Å². The van der Waals surface area contributed by atoms with Gasteiger partial charge in [-0.2, -0.15) is 0 Å². The summed E-state index contributed by atoms with van der Waals surface area (Å²) in [4.78, 5) is 12.1. The summed E-state index contributed by atoms with van der Waals surface area (Å²) in [5.74, 6) is 0.704. The van der Waals surface area contributed by atoms with Crippen molar-refractivity contribution in [3.8, 4) is 0 Å². The van der Waals surface area contributed by atoms with Crippen molar-refractivity contribution >= 4 is 5.78 Å². The van der Waals surface area contributed by atoms with E-state index in [9.17, 15) is 4.79 Å². The molecule has 29 heavy (non-hydrogen) atoms. The number of Topliss-reactive ketones (excluding diaryl/α,β-unsaturated/α-hetero) is 1. The van der Waals surface area contributed by atoms with Crippen LogP contribution in [0.2, 0.25) is 0 Å². The molecule has 0 aromatic heterocycles. The van der Waals surface area contributed by atoms with Crippen LogP contribution in [-0.4, -0.2) is 5.78 Å². The van der Waals surface area contributed by atoms with Crippen LogP contribution in [0.15, 0.2) is 66.7 Å². The molecule has 1 nitrogen and oxygen atoms in total. The van der Waals surface area contributed by atoms with Gasteiger partial charge in [-0.15, -0.1) is 0 Å². The Balaban J connectivity index is 1.70. The zero-order valence-corrected chi connectivity index (χ0v) is 17.6. The highest BCUT2D eigenvalue weighted by atomic mass is 16.1. The van der Waals surface area contributed by atoms with Gasteiger partial charge in [0, 0.05) is 18.8 Å². The van der Waals surface area contributed by atoms with Crippen LogP contribution in [0.1, 0.15) is 64.6 Å². The van der Waals surface area contributed by atoms with E-state index in [4.69, 9.17) is 0 Å². The number of benzene rings is 3. The molecule has 0 amide bonds. The van der Waals surface area contributed by atoms with Gasteiger partial charge in [0.2, 0.25) is 0 Å². The third-order valence-corrected chi connectivity index (χ3v) is 6.26. The Hall–Kier alpha value is -2.67. The van der Waals surface area contributed by atoms with Gasteiger partial charge < -0.3 is 0 Å². The van der Waals surface area contributed by atoms with Crippen molar-refractivity contribution in [2.24, 2.45) is 0 Å². The Kier molecular flexibility index (Phi) is 5.94. The first-order valence-electron chi connectivity index (χ1n) is 10.9. The van der Waals surface area contributed by atoms with Gasteiger partial charge in [-0.3, -0.25) is 4.79 Å². The van der Waals surface area contributed by atoms with Crippen molar-refractivity contribution < 1.29 is 4.79 Å². The van der Waals surface area contributed by atoms with Gasteiger partial charge in [-0.1, -0.05) is 73.7 Å². The Bertz CT molecular complexity index is 1010. The third-order valence-electron chi connectivity index (χ3n) is 6.26. The molecule has 3 aromatic rings. The van der Waals surface area contributed by atoms with Crippen molar-refractivity contribution in [2.45, 2.75) is 58.3 Å². The second kappa shape index (κ2) is 8.78. The Morgan fingerprint density at radius 1 is 0.897 bits per heavy atom. The zero-order chi connectivity index (χ0) is 20.2. The maximum Gasteiger partial charge on any atom is 0.137 e. The lowest BCUT2D eigenvalue weighted by Crippen LogP contribution is -2.09. The first kappa shape index (κ1) is 19.6. The van der Waals surface area contributed by atoms with Crippen LogP contribution >= 0.6 is 0 Å². The SMILES string of the molecule is CCCC(=O)Cc1cccc(CC2c3ccccc3CCc3c(C)cccc32)c1. The average molecular weight is 383 g/mol. The molecule has 148 valence electrons. The predicted molar refractivity (Wildman–Crippen MR) is 121 cm³/mol. The fourth-order valence-corrected chi connectivity index (χ4v) is 4.84. The summed E-state index contributed by atoms with van der Waals surface area (Å²) in [6.07, 6.45) is 5.35. The minimum Gasteiger partial charge on any atom is -0.299 e. The molecule has 3 aromatic carbocycles. The normalized spacial score (nSPS) is 15.3. The number of fused-ring (bicyclic) bond motifs is 2. The highest BCUT2D eigenvalue weighted by molar-refractivity contribution is 5.80. The lowest BCUT2D eigenvalue weighted by Gasteiger charge is -2.22. The van der Waals surface area contributed by atoms with Gasteiger partial charge >= 0.3 is 0 Å². The Morgan fingerprint density at radius 2 is 1.66 bits per heavy atom. The summed E-state index contributed by atoms with van der Waals surface area (Å²) < 4.78 is 0. The molecular formula is C28H30O. The molecule has 0 radical (unpaired) electrons. The van der Waals surface area contributed by atoms with Gasteiger partial charge in [0.25, 0.3) is 0 Å². The van der Waals surface area contributed by atoms with E-state index in [0.717, 1.165) is 31.2 Å². The topological polar surface area (TPSA) is 17.1 Å². The molecule has 1 aliphatic rings. The van der Waals surface area contributed by atoms with Crippen LogP contribution in [0.3, 0.4) is 0 Å². The van der Waals surface area contributed by atoms with E-state index < -0.39 is 0 Å². The number of aryl methyl sites for hydroxylation is 2. The second-order valence-electron chi connectivity index (χ2n) is 8.38. The molecule has 1 unspecified atom stereocenters. The van der Waals surface area contributed by atoms with Gasteiger partial charge in [-0.05, 0) is 71.6 Å². The largest absolute Gasteiger partial charge is 0.299 e. The Labute approximate surface area is 174 Å². The summed E-state index contributed by atoms with van der Waals surface area (Å²) in [7, 11) is 0. The monoisotopic (exact) mass is 382 g/mol. The van der Waals surface area contributed by atoms with E-state index in [-0.39, 0.29) is 0 Å². The maximum absolute atomic E-state index is 12.1. The molecule has 1 aliphatic carbocycles. The lowest BCUT2D eigenvalue weighted by atomic mass is 9.82. The molecule has 0 bridgehead atoms. The number of carbonyl (C=O) groups excluding carboxylic acids is 1. The van der Waals surface area contributed by atoms with Crippen LogP contribution in [0.4, 0.5) is 0 Å². The zero-order valence-electron chi connectivity index (χ0n) is 17.6. The Morgan fingerprint density at radius 3 is 2.52 bits per heavy atom. The van der Waals surface area contributed by atoms with Gasteiger partial charge in [0.1, 0.15) is 5.78 Å². The van der Waals surface area contributed by atoms with E-state index in [0.29, 0.717) is 24.5 Å². The average Bonchev–Trinajstić information content (AvgIpc) is 2.87. The molecule has 0 saturated carbocycles. The molecular weight excluding hydrogens is 352 g/mol. The highest BCUT2D eigenvalue weighted by Crippen LogP contribution is 2.37. The molecule has 0 N–H and O–H groups in total. The van der Waals surface area contributed by atoms with E-state index in [1.807, 2.05) is 0 Å². The summed E-state index contributed by atoms with van der Waals surface area (Å²) in [5, 5.41) is 0. The van der Waals surface area contributed by atoms with Gasteiger partial charge in [-0.25, -0.2) is 0 Å². The predicted octanol–water partition coefficient (Wildman–Crippen LogP) is 6.38. The van der Waals surface area contributed by atoms with Gasteiger partial charge in [0.15, 0.2) is 0 Å². The number of hydrogen-bond donors (Lipinski definition) is 0. The standard InChI is InChI=1S/C28H30O/c1-3-8-24(29)18-21-10-7-11-22(17-21)19-28-26-13-5-4-12-23(26)15-16-25-20(2)9-6-14-27(25)28/h4-7,9-14,17,28H,3,8,15-16,18-19H2,1-2H3. The van der Waals surface area contributed by atoms with E-state index in [1.165, 1.54) is 33.4 Å². The van der Waals surface area contributed by atoms with Crippen LogP contribution in [0.5, 0.6) is 0 Å². The summed E-state index contributed by atoms with van der Waals surface area (Å²) in [5.41, 5.74) is 9.80. The van der Waals surface area contributed by atoms with Crippen LogP contribution in [-0.2, 0) is 30.5 Å². The molecule has 0 fully saturated rings. The number of hydrogen-bond acceptors (Lipinski definition) is 1. The molecule has 0 heterocycles. The third kappa shape index (κ3) is 4.34. The van der Waals surface area contributed by atoms with Crippen molar-refractivity contribution in [3.63, 3.8) is 0 Å². The number of ketones is 1. The second-order valence-corrected chi connectivity index (χ2v) is 8.38. The quantitative estimate of drug-likeness (QED) is 0.483. The van der Waals surface area contributed by atoms with Crippen LogP contribution < -0.4 is 0 Å². The molecule has 0 aliphatic heterocycles. The summed E-state index contributed by atoms with van der Waals surface area (Å²) >= 11 is 0. The molecule has 1 heteroatoms. The minimum atomic E-state index is 0.338. The van der Waals surface area contributed by atoms with Crippen LogP contribution in [0.25, 0.3) is 0 Å². The molecule has 0 saturated heterocycles. The first-order valence-corrected chi connectivity index (χ1v) is 10.9. The first-order chi connectivity index (χ1) is 14.2. The van der Waals surface area contributed by atoms with Crippen molar-refractivity contribution in [3.05, 3.63) is 106 Å². The number of rotatable bonds is 6. The van der Waals surface area contributed by atoms with Crippen molar-refractivity contribution in [2.75, 3.05) is 0 Å². The van der Waals surface area contributed by atoms with E-state index in [1.54, 1.807) is 0 Å². The lowest BCUT2D eigenvalue weighted by molar-refractivity contribution is -0.118. The molecule has 1 atom stereocenters. The molecule has 0 spiro atoms. The van der Waals surface area contributed by atoms with E-state index in [2.05, 4.69) is 80.6 Å². The number of carbonyl (C=O) groups is 1. The fourth-order valence-electron chi connectivity index (χ4n) is 4.84. The minimum absolute atomic E-state index is 0.338. The summed E-state index contributed by atoms with van der Waals surface area (Å²) in [6.45, 7) is 4.31. The smallest absolute Gasteiger partial charge is 0.137 e.